The molecule has 0 saturated carbocycles. The molecule has 0 aromatic heterocycles. The van der Waals surface area contributed by atoms with Crippen molar-refractivity contribution in [3.63, 3.8) is 0 Å². The molecule has 0 aliphatic carbocycles. The van der Waals surface area contributed by atoms with Gasteiger partial charge in [0.15, 0.2) is 0 Å². The maximum atomic E-state index is 13.5. The maximum Gasteiger partial charge on any atom is 0.123 e. The number of fused-ring (bicyclic) bond motifs is 1. The lowest BCUT2D eigenvalue weighted by atomic mass is 10.0. The Balaban J connectivity index is 1.73. The molecule has 2 aliphatic heterocycles. The highest BCUT2D eigenvalue weighted by Gasteiger charge is 2.37. The van der Waals surface area contributed by atoms with Gasteiger partial charge in [0.05, 0.1) is 7.11 Å². The average molecular weight is 278 g/mol. The number of methoxy groups -OCH3 is 1. The molecule has 2 fully saturated rings. The molecule has 1 N–H and O–H groups in total. The first kappa shape index (κ1) is 13.8. The first-order valence-corrected chi connectivity index (χ1v) is 7.52. The summed E-state index contributed by atoms with van der Waals surface area (Å²) in [5.74, 6) is 0.552. The third-order valence-corrected chi connectivity index (χ3v) is 4.73. The highest BCUT2D eigenvalue weighted by Crippen LogP contribution is 2.31. The summed E-state index contributed by atoms with van der Waals surface area (Å²) < 4.78 is 18.8. The van der Waals surface area contributed by atoms with Gasteiger partial charge in [0.2, 0.25) is 0 Å². The fourth-order valence-corrected chi connectivity index (χ4v) is 3.73. The summed E-state index contributed by atoms with van der Waals surface area (Å²) >= 11 is 0. The minimum Gasteiger partial charge on any atom is -0.496 e. The van der Waals surface area contributed by atoms with Crippen molar-refractivity contribution in [1.82, 2.24) is 10.2 Å². The molecule has 0 radical (unpaired) electrons. The minimum absolute atomic E-state index is 0.103. The molecule has 2 aliphatic rings. The number of nitrogens with zero attached hydrogens (tertiary/aromatic N) is 1. The number of halogens is 1. The summed E-state index contributed by atoms with van der Waals surface area (Å²) in [5, 5.41) is 3.68. The Hall–Kier alpha value is -1.13. The van der Waals surface area contributed by atoms with E-state index in [1.165, 1.54) is 38.4 Å². The molecule has 3 nitrogen and oxygen atoms in total. The lowest BCUT2D eigenvalue weighted by Gasteiger charge is -2.26. The second kappa shape index (κ2) is 5.70. The van der Waals surface area contributed by atoms with Gasteiger partial charge in [-0.2, -0.15) is 0 Å². The Kier molecular flexibility index (Phi) is 3.94. The molecule has 0 spiro atoms. The summed E-state index contributed by atoms with van der Waals surface area (Å²) in [4.78, 5) is 2.58. The van der Waals surface area contributed by atoms with Gasteiger partial charge < -0.3 is 10.1 Å². The van der Waals surface area contributed by atoms with Crippen LogP contribution in [0.5, 0.6) is 5.75 Å². The minimum atomic E-state index is -0.205. The van der Waals surface area contributed by atoms with E-state index in [-0.39, 0.29) is 11.9 Å². The Morgan fingerprint density at radius 3 is 3.00 bits per heavy atom. The van der Waals surface area contributed by atoms with Crippen molar-refractivity contribution in [3.05, 3.63) is 29.6 Å². The van der Waals surface area contributed by atoms with Crippen LogP contribution in [-0.4, -0.2) is 37.2 Å². The van der Waals surface area contributed by atoms with Crippen LogP contribution >= 0.6 is 0 Å². The molecular weight excluding hydrogens is 255 g/mol. The van der Waals surface area contributed by atoms with E-state index in [9.17, 15) is 4.39 Å². The largest absolute Gasteiger partial charge is 0.496 e. The average Bonchev–Trinajstić information content (AvgIpc) is 3.03. The highest BCUT2D eigenvalue weighted by molar-refractivity contribution is 5.36. The fraction of sp³-hybridized carbons (Fsp3) is 0.625. The summed E-state index contributed by atoms with van der Waals surface area (Å²) in [6.45, 7) is 4.52. The molecule has 3 unspecified atom stereocenters. The number of benzene rings is 1. The maximum absolute atomic E-state index is 13.5. The Morgan fingerprint density at radius 1 is 1.35 bits per heavy atom. The van der Waals surface area contributed by atoms with Gasteiger partial charge in [-0.1, -0.05) is 0 Å². The monoisotopic (exact) mass is 278 g/mol. The SMILES string of the molecule is COc1ccc(F)cc1C(C)NC1CCN2CCCC12. The highest BCUT2D eigenvalue weighted by atomic mass is 19.1. The van der Waals surface area contributed by atoms with Crippen LogP contribution in [0.4, 0.5) is 4.39 Å². The van der Waals surface area contributed by atoms with Gasteiger partial charge >= 0.3 is 0 Å². The van der Waals surface area contributed by atoms with Crippen LogP contribution in [-0.2, 0) is 0 Å². The number of hydrogen-bond acceptors (Lipinski definition) is 3. The van der Waals surface area contributed by atoms with Crippen LogP contribution in [0.1, 0.15) is 37.8 Å². The molecule has 3 rings (SSSR count). The van der Waals surface area contributed by atoms with Gasteiger partial charge in [-0.05, 0) is 50.9 Å². The molecular formula is C16H23FN2O. The van der Waals surface area contributed by atoms with E-state index >= 15 is 0 Å². The van der Waals surface area contributed by atoms with Crippen LogP contribution in [0.2, 0.25) is 0 Å². The van der Waals surface area contributed by atoms with E-state index in [1.54, 1.807) is 19.2 Å². The standard InChI is InChI=1S/C16H23FN2O/c1-11(13-10-12(17)5-6-16(13)20-2)18-14-7-9-19-8-3-4-15(14)19/h5-6,10-11,14-15,18H,3-4,7-9H2,1-2H3. The topological polar surface area (TPSA) is 24.5 Å². The zero-order valence-corrected chi connectivity index (χ0v) is 12.2. The molecule has 0 bridgehead atoms. The predicted molar refractivity (Wildman–Crippen MR) is 77.5 cm³/mol. The molecule has 1 aromatic rings. The van der Waals surface area contributed by atoms with Gasteiger partial charge in [0.1, 0.15) is 11.6 Å². The lowest BCUT2D eigenvalue weighted by molar-refractivity contribution is 0.290. The second-order valence-electron chi connectivity index (χ2n) is 5.92. The van der Waals surface area contributed by atoms with Gasteiger partial charge in [0, 0.05) is 30.2 Å². The molecule has 2 saturated heterocycles. The molecule has 4 heteroatoms. The van der Waals surface area contributed by atoms with Crippen molar-refractivity contribution in [2.75, 3.05) is 20.2 Å². The van der Waals surface area contributed by atoms with Gasteiger partial charge in [0.25, 0.3) is 0 Å². The van der Waals surface area contributed by atoms with Crippen LogP contribution in [0, 0.1) is 5.82 Å². The number of rotatable bonds is 4. The van der Waals surface area contributed by atoms with E-state index in [0.29, 0.717) is 12.1 Å². The predicted octanol–water partition coefficient (Wildman–Crippen LogP) is 2.72. The molecule has 0 amide bonds. The fourth-order valence-electron chi connectivity index (χ4n) is 3.73. The Morgan fingerprint density at radius 2 is 2.20 bits per heavy atom. The Labute approximate surface area is 120 Å². The summed E-state index contributed by atoms with van der Waals surface area (Å²) in [5.41, 5.74) is 0.906. The van der Waals surface area contributed by atoms with Crippen molar-refractivity contribution >= 4 is 0 Å². The first-order chi connectivity index (χ1) is 9.69. The molecule has 1 aromatic carbocycles. The number of hydrogen-bond donors (Lipinski definition) is 1. The molecule has 20 heavy (non-hydrogen) atoms. The van der Waals surface area contributed by atoms with Crippen LogP contribution in [0.25, 0.3) is 0 Å². The quantitative estimate of drug-likeness (QED) is 0.916. The van der Waals surface area contributed by atoms with Crippen molar-refractivity contribution in [2.45, 2.75) is 44.3 Å². The summed E-state index contributed by atoms with van der Waals surface area (Å²) in [6.07, 6.45) is 3.78. The second-order valence-corrected chi connectivity index (χ2v) is 5.92. The van der Waals surface area contributed by atoms with E-state index in [1.807, 2.05) is 0 Å². The van der Waals surface area contributed by atoms with Crippen molar-refractivity contribution in [1.29, 1.82) is 0 Å². The Bertz CT molecular complexity index is 480. The summed E-state index contributed by atoms with van der Waals surface area (Å²) in [7, 11) is 1.64. The van der Waals surface area contributed by atoms with Crippen LogP contribution < -0.4 is 10.1 Å². The zero-order valence-electron chi connectivity index (χ0n) is 12.2. The summed E-state index contributed by atoms with van der Waals surface area (Å²) in [6, 6.07) is 6.02. The van der Waals surface area contributed by atoms with Crippen molar-refractivity contribution in [2.24, 2.45) is 0 Å². The van der Waals surface area contributed by atoms with Crippen molar-refractivity contribution < 1.29 is 9.13 Å². The molecule has 2 heterocycles. The molecule has 110 valence electrons. The first-order valence-electron chi connectivity index (χ1n) is 7.52. The third kappa shape index (κ3) is 2.54. The van der Waals surface area contributed by atoms with Crippen molar-refractivity contribution in [3.8, 4) is 5.75 Å². The van der Waals surface area contributed by atoms with Gasteiger partial charge in [-0.3, -0.25) is 4.90 Å². The van der Waals surface area contributed by atoms with Gasteiger partial charge in [-0.15, -0.1) is 0 Å². The zero-order chi connectivity index (χ0) is 14.1. The smallest absolute Gasteiger partial charge is 0.123 e. The van der Waals surface area contributed by atoms with Crippen LogP contribution in [0.15, 0.2) is 18.2 Å². The number of ether oxygens (including phenoxy) is 1. The molecule has 3 atom stereocenters. The van der Waals surface area contributed by atoms with E-state index in [0.717, 1.165) is 11.3 Å². The lowest BCUT2D eigenvalue weighted by Crippen LogP contribution is -2.40. The van der Waals surface area contributed by atoms with Crippen LogP contribution in [0.3, 0.4) is 0 Å². The number of nitrogens with one attached hydrogen (secondary N) is 1. The van der Waals surface area contributed by atoms with E-state index < -0.39 is 0 Å². The van der Waals surface area contributed by atoms with E-state index in [2.05, 4.69) is 17.1 Å². The normalized spacial score (nSPS) is 27.6. The third-order valence-electron chi connectivity index (χ3n) is 4.73. The van der Waals surface area contributed by atoms with E-state index in [4.69, 9.17) is 4.74 Å². The van der Waals surface area contributed by atoms with Gasteiger partial charge in [-0.25, -0.2) is 4.39 Å².